The van der Waals surface area contributed by atoms with E-state index in [-0.39, 0.29) is 17.8 Å². The van der Waals surface area contributed by atoms with Gasteiger partial charge in [0.15, 0.2) is 0 Å². The molecule has 5 nitrogen and oxygen atoms in total. The first-order valence-corrected chi connectivity index (χ1v) is 5.81. The predicted octanol–water partition coefficient (Wildman–Crippen LogP) is 0.303. The van der Waals surface area contributed by atoms with Gasteiger partial charge in [-0.25, -0.2) is 4.79 Å². The summed E-state index contributed by atoms with van der Waals surface area (Å²) in [6.45, 7) is 4.00. The first kappa shape index (κ1) is 13.7. The summed E-state index contributed by atoms with van der Waals surface area (Å²) in [6.07, 6.45) is 3.67. The van der Waals surface area contributed by atoms with Crippen LogP contribution in [0.2, 0.25) is 0 Å². The van der Waals surface area contributed by atoms with Crippen LogP contribution in [0.4, 0.5) is 0 Å². The van der Waals surface area contributed by atoms with Crippen LogP contribution in [0, 0.1) is 5.92 Å². The van der Waals surface area contributed by atoms with Gasteiger partial charge in [-0.15, -0.1) is 0 Å². The third kappa shape index (κ3) is 4.19. The number of carbonyl (C=O) groups is 2. The molecule has 0 spiro atoms. The molecule has 0 bridgehead atoms. The minimum absolute atomic E-state index is 0.0596. The number of piperidine rings is 1. The van der Waals surface area contributed by atoms with Crippen molar-refractivity contribution in [1.29, 1.82) is 0 Å². The molecule has 0 aromatic heterocycles. The van der Waals surface area contributed by atoms with Crippen LogP contribution in [-0.2, 0) is 14.3 Å². The molecular weight excluding hydrogens is 220 g/mol. The van der Waals surface area contributed by atoms with E-state index in [9.17, 15) is 9.59 Å². The molecule has 0 aromatic rings. The smallest absolute Gasteiger partial charge is 0.333 e. The van der Waals surface area contributed by atoms with Crippen molar-refractivity contribution >= 4 is 11.9 Å². The maximum absolute atomic E-state index is 11.2. The van der Waals surface area contributed by atoms with Gasteiger partial charge in [0.1, 0.15) is 0 Å². The summed E-state index contributed by atoms with van der Waals surface area (Å²) in [7, 11) is 1.36. The molecule has 1 rings (SSSR count). The molecular formula is C12H20N2O3. The number of nitrogens with zero attached hydrogens (tertiary/aromatic N) is 1. The fraction of sp³-hybridized carbons (Fsp3) is 0.667. The summed E-state index contributed by atoms with van der Waals surface area (Å²) in [5.41, 5.74) is 5.89. The van der Waals surface area contributed by atoms with Crippen molar-refractivity contribution in [1.82, 2.24) is 4.90 Å². The highest BCUT2D eigenvalue weighted by molar-refractivity contribution is 5.87. The van der Waals surface area contributed by atoms with Gasteiger partial charge in [0.05, 0.1) is 13.0 Å². The van der Waals surface area contributed by atoms with Gasteiger partial charge in [0.25, 0.3) is 0 Å². The van der Waals surface area contributed by atoms with E-state index >= 15 is 0 Å². The van der Waals surface area contributed by atoms with Crippen molar-refractivity contribution in [3.63, 3.8) is 0 Å². The first-order valence-electron chi connectivity index (χ1n) is 5.81. The largest absolute Gasteiger partial charge is 0.466 e. The Morgan fingerprint density at radius 1 is 1.53 bits per heavy atom. The lowest BCUT2D eigenvalue weighted by atomic mass is 9.97. The number of hydrogen-bond acceptors (Lipinski definition) is 4. The molecule has 0 aromatic carbocycles. The molecule has 0 radical (unpaired) electrons. The monoisotopic (exact) mass is 240 g/mol. The van der Waals surface area contributed by atoms with Crippen LogP contribution in [0.1, 0.15) is 19.8 Å². The number of amides is 1. The third-order valence-electron chi connectivity index (χ3n) is 3.07. The lowest BCUT2D eigenvalue weighted by Crippen LogP contribution is -2.41. The second kappa shape index (κ2) is 6.39. The van der Waals surface area contributed by atoms with Crippen molar-refractivity contribution < 1.29 is 14.3 Å². The van der Waals surface area contributed by atoms with Crippen molar-refractivity contribution in [3.05, 3.63) is 11.6 Å². The summed E-state index contributed by atoms with van der Waals surface area (Å²) in [4.78, 5) is 24.4. The van der Waals surface area contributed by atoms with E-state index in [2.05, 4.69) is 9.64 Å². The highest BCUT2D eigenvalue weighted by Crippen LogP contribution is 2.15. The Bertz CT molecular complexity index is 326. The van der Waals surface area contributed by atoms with Crippen LogP contribution in [0.5, 0.6) is 0 Å². The van der Waals surface area contributed by atoms with Crippen LogP contribution in [0.15, 0.2) is 11.6 Å². The van der Waals surface area contributed by atoms with E-state index in [1.807, 2.05) is 6.08 Å². The van der Waals surface area contributed by atoms with Gasteiger partial charge < -0.3 is 10.5 Å². The van der Waals surface area contributed by atoms with Crippen LogP contribution in [-0.4, -0.2) is 43.5 Å². The Morgan fingerprint density at radius 3 is 2.82 bits per heavy atom. The fourth-order valence-electron chi connectivity index (χ4n) is 1.96. The molecule has 2 N–H and O–H groups in total. The van der Waals surface area contributed by atoms with Gasteiger partial charge in [-0.3, -0.25) is 9.69 Å². The van der Waals surface area contributed by atoms with E-state index in [1.54, 1.807) is 6.92 Å². The lowest BCUT2D eigenvalue weighted by molar-refractivity contribution is -0.136. The Hall–Kier alpha value is -1.36. The van der Waals surface area contributed by atoms with E-state index in [0.717, 1.165) is 19.4 Å². The maximum Gasteiger partial charge on any atom is 0.333 e. The summed E-state index contributed by atoms with van der Waals surface area (Å²) in [5, 5.41) is 0. The van der Waals surface area contributed by atoms with Crippen LogP contribution in [0.3, 0.4) is 0 Å². The zero-order valence-electron chi connectivity index (χ0n) is 10.4. The molecule has 1 saturated heterocycles. The van der Waals surface area contributed by atoms with E-state index < -0.39 is 0 Å². The number of carbonyl (C=O) groups excluding carboxylic acids is 2. The van der Waals surface area contributed by atoms with Gasteiger partial charge in [0, 0.05) is 18.7 Å². The highest BCUT2D eigenvalue weighted by Gasteiger charge is 2.23. The minimum atomic E-state index is -0.312. The first-order chi connectivity index (χ1) is 8.04. The van der Waals surface area contributed by atoms with Gasteiger partial charge in [0.2, 0.25) is 5.91 Å². The van der Waals surface area contributed by atoms with Gasteiger partial charge in [-0.1, -0.05) is 6.08 Å². The number of methoxy groups -OCH3 is 1. The van der Waals surface area contributed by atoms with Gasteiger partial charge in [-0.2, -0.15) is 0 Å². The van der Waals surface area contributed by atoms with Crippen molar-refractivity contribution in [2.75, 3.05) is 26.7 Å². The average molecular weight is 240 g/mol. The standard InChI is InChI=1S/C12H20N2O3/c1-9(12(16)17-2)5-7-14-6-3-4-10(8-14)11(13)15/h5,10H,3-4,6-8H2,1-2H3,(H2,13,15). The molecule has 1 aliphatic heterocycles. The Labute approximate surface area is 102 Å². The molecule has 1 heterocycles. The Kier molecular flexibility index (Phi) is 5.15. The SMILES string of the molecule is COC(=O)C(C)=CCN1CCCC(C(N)=O)C1. The zero-order valence-corrected chi connectivity index (χ0v) is 10.4. The molecule has 17 heavy (non-hydrogen) atoms. The number of rotatable bonds is 4. The van der Waals surface area contributed by atoms with Crippen LogP contribution < -0.4 is 5.73 Å². The Morgan fingerprint density at radius 2 is 2.24 bits per heavy atom. The molecule has 1 amide bonds. The minimum Gasteiger partial charge on any atom is -0.466 e. The summed E-state index contributed by atoms with van der Waals surface area (Å²) < 4.78 is 4.61. The number of hydrogen-bond donors (Lipinski definition) is 1. The summed E-state index contributed by atoms with van der Waals surface area (Å²) >= 11 is 0. The summed E-state index contributed by atoms with van der Waals surface area (Å²) in [6, 6.07) is 0. The molecule has 96 valence electrons. The number of ether oxygens (including phenoxy) is 1. The maximum atomic E-state index is 11.2. The molecule has 1 unspecified atom stereocenters. The van der Waals surface area contributed by atoms with Gasteiger partial charge >= 0.3 is 5.97 Å². The number of likely N-dealkylation sites (tertiary alicyclic amines) is 1. The lowest BCUT2D eigenvalue weighted by Gasteiger charge is -2.30. The molecule has 5 heteroatoms. The molecule has 1 fully saturated rings. The Balaban J connectivity index is 2.46. The third-order valence-corrected chi connectivity index (χ3v) is 3.07. The second-order valence-corrected chi connectivity index (χ2v) is 4.38. The number of nitrogens with two attached hydrogens (primary N) is 1. The second-order valence-electron chi connectivity index (χ2n) is 4.38. The zero-order chi connectivity index (χ0) is 12.8. The van der Waals surface area contributed by atoms with Crippen molar-refractivity contribution in [2.45, 2.75) is 19.8 Å². The number of primary amides is 1. The molecule has 0 saturated carbocycles. The van der Waals surface area contributed by atoms with E-state index in [4.69, 9.17) is 5.73 Å². The van der Waals surface area contributed by atoms with E-state index in [1.165, 1.54) is 7.11 Å². The van der Waals surface area contributed by atoms with Crippen LogP contribution >= 0.6 is 0 Å². The predicted molar refractivity (Wildman–Crippen MR) is 64.1 cm³/mol. The van der Waals surface area contributed by atoms with Gasteiger partial charge in [-0.05, 0) is 26.3 Å². The van der Waals surface area contributed by atoms with Crippen LogP contribution in [0.25, 0.3) is 0 Å². The highest BCUT2D eigenvalue weighted by atomic mass is 16.5. The normalized spacial score (nSPS) is 22.2. The quantitative estimate of drug-likeness (QED) is 0.567. The topological polar surface area (TPSA) is 72.6 Å². The molecule has 0 aliphatic carbocycles. The van der Waals surface area contributed by atoms with E-state index in [0.29, 0.717) is 18.7 Å². The summed E-state index contributed by atoms with van der Waals surface area (Å²) in [5.74, 6) is -0.604. The number of esters is 1. The van der Waals surface area contributed by atoms with Crippen molar-refractivity contribution in [2.24, 2.45) is 11.7 Å². The molecule has 1 atom stereocenters. The average Bonchev–Trinajstić information content (AvgIpc) is 2.35. The fourth-order valence-corrected chi connectivity index (χ4v) is 1.96. The van der Waals surface area contributed by atoms with Crippen molar-refractivity contribution in [3.8, 4) is 0 Å². The molecule has 1 aliphatic rings.